The first-order valence-electron chi connectivity index (χ1n) is 6.19. The minimum Gasteiger partial charge on any atom is -0.407 e. The Labute approximate surface area is 111 Å². The SMILES string of the molecule is O=C(CCNc1nnc(CCl)o1)N1CCCCC1. The van der Waals surface area contributed by atoms with Gasteiger partial charge in [0.1, 0.15) is 5.88 Å². The summed E-state index contributed by atoms with van der Waals surface area (Å²) in [6.45, 7) is 2.27. The predicted octanol–water partition coefficient (Wildman–Crippen LogP) is 1.62. The van der Waals surface area contributed by atoms with Crippen LogP contribution in [-0.4, -0.2) is 40.6 Å². The fraction of sp³-hybridized carbons (Fsp3) is 0.727. The standard InChI is InChI=1S/C11H17ClN4O2/c12-8-9-14-15-11(18-9)13-5-4-10(17)16-6-2-1-3-7-16/h1-8H2,(H,13,15). The molecule has 6 nitrogen and oxygen atoms in total. The third-order valence-electron chi connectivity index (χ3n) is 2.91. The van der Waals surface area contributed by atoms with Crippen molar-refractivity contribution >= 4 is 23.5 Å². The highest BCUT2D eigenvalue weighted by Crippen LogP contribution is 2.10. The van der Waals surface area contributed by atoms with Crippen LogP contribution < -0.4 is 5.32 Å². The molecule has 1 aromatic rings. The summed E-state index contributed by atoms with van der Waals surface area (Å²) < 4.78 is 5.17. The molecule has 1 amide bonds. The largest absolute Gasteiger partial charge is 0.407 e. The van der Waals surface area contributed by atoms with Crippen molar-refractivity contribution in [3.8, 4) is 0 Å². The van der Waals surface area contributed by atoms with Crippen LogP contribution in [0.25, 0.3) is 0 Å². The molecule has 0 saturated carbocycles. The zero-order valence-electron chi connectivity index (χ0n) is 10.2. The van der Waals surface area contributed by atoms with Gasteiger partial charge in [0.2, 0.25) is 11.8 Å². The Hall–Kier alpha value is -1.30. The number of carbonyl (C=O) groups is 1. The molecule has 2 rings (SSSR count). The van der Waals surface area contributed by atoms with E-state index in [1.54, 1.807) is 0 Å². The molecule has 1 fully saturated rings. The Kier molecular flexibility index (Phi) is 4.81. The zero-order valence-corrected chi connectivity index (χ0v) is 10.9. The minimum atomic E-state index is 0.180. The number of anilines is 1. The molecule has 0 aliphatic carbocycles. The van der Waals surface area contributed by atoms with Crippen LogP contribution in [0, 0.1) is 0 Å². The summed E-state index contributed by atoms with van der Waals surface area (Å²) in [7, 11) is 0. The maximum atomic E-state index is 11.8. The van der Waals surface area contributed by atoms with Crippen LogP contribution in [0.1, 0.15) is 31.6 Å². The smallest absolute Gasteiger partial charge is 0.315 e. The highest BCUT2D eigenvalue weighted by Gasteiger charge is 2.16. The second-order valence-electron chi connectivity index (χ2n) is 4.25. The van der Waals surface area contributed by atoms with E-state index in [1.165, 1.54) is 6.42 Å². The molecule has 1 aliphatic heterocycles. The summed E-state index contributed by atoms with van der Waals surface area (Å²) in [5.74, 6) is 0.752. The van der Waals surface area contributed by atoms with Gasteiger partial charge in [-0.15, -0.1) is 16.7 Å². The van der Waals surface area contributed by atoms with Crippen LogP contribution in [0.5, 0.6) is 0 Å². The van der Waals surface area contributed by atoms with Crippen molar-refractivity contribution < 1.29 is 9.21 Å². The molecule has 0 spiro atoms. The van der Waals surface area contributed by atoms with E-state index in [0.717, 1.165) is 25.9 Å². The highest BCUT2D eigenvalue weighted by molar-refractivity contribution is 6.16. The molecule has 1 aromatic heterocycles. The van der Waals surface area contributed by atoms with Crippen LogP contribution in [0.4, 0.5) is 6.01 Å². The lowest BCUT2D eigenvalue weighted by Crippen LogP contribution is -2.36. The average molecular weight is 273 g/mol. The Bertz CT molecular complexity index is 390. The number of carbonyl (C=O) groups excluding carboxylic acids is 1. The Morgan fingerprint density at radius 2 is 2.11 bits per heavy atom. The van der Waals surface area contributed by atoms with Gasteiger partial charge >= 0.3 is 6.01 Å². The van der Waals surface area contributed by atoms with E-state index in [1.807, 2.05) is 4.90 Å². The lowest BCUT2D eigenvalue weighted by Gasteiger charge is -2.26. The van der Waals surface area contributed by atoms with E-state index in [4.69, 9.17) is 16.0 Å². The van der Waals surface area contributed by atoms with Gasteiger partial charge in [0.25, 0.3) is 0 Å². The lowest BCUT2D eigenvalue weighted by atomic mass is 10.1. The first kappa shape index (κ1) is 13.1. The number of rotatable bonds is 5. The molecular weight excluding hydrogens is 256 g/mol. The molecule has 1 N–H and O–H groups in total. The first-order chi connectivity index (χ1) is 8.79. The number of halogens is 1. The minimum absolute atomic E-state index is 0.180. The molecule has 7 heteroatoms. The molecule has 2 heterocycles. The van der Waals surface area contributed by atoms with E-state index in [9.17, 15) is 4.79 Å². The van der Waals surface area contributed by atoms with Crippen molar-refractivity contribution in [2.45, 2.75) is 31.6 Å². The molecule has 0 radical (unpaired) electrons. The summed E-state index contributed by atoms with van der Waals surface area (Å²) in [5.41, 5.74) is 0. The van der Waals surface area contributed by atoms with E-state index in [-0.39, 0.29) is 11.8 Å². The topological polar surface area (TPSA) is 71.3 Å². The monoisotopic (exact) mass is 272 g/mol. The van der Waals surface area contributed by atoms with Crippen LogP contribution in [0.2, 0.25) is 0 Å². The molecule has 100 valence electrons. The molecule has 1 aliphatic rings. The van der Waals surface area contributed by atoms with Gasteiger partial charge in [0.15, 0.2) is 0 Å². The third kappa shape index (κ3) is 3.60. The summed E-state index contributed by atoms with van der Waals surface area (Å²) in [6, 6.07) is 0.317. The van der Waals surface area contributed by atoms with E-state index in [2.05, 4.69) is 15.5 Å². The van der Waals surface area contributed by atoms with Gasteiger partial charge in [-0.3, -0.25) is 4.79 Å². The molecular formula is C11H17ClN4O2. The summed E-state index contributed by atoms with van der Waals surface area (Å²) in [4.78, 5) is 13.8. The number of aromatic nitrogens is 2. The average Bonchev–Trinajstić information content (AvgIpc) is 2.87. The van der Waals surface area contributed by atoms with Crippen LogP contribution in [0.15, 0.2) is 4.42 Å². The van der Waals surface area contributed by atoms with Crippen molar-refractivity contribution in [3.05, 3.63) is 5.89 Å². The highest BCUT2D eigenvalue weighted by atomic mass is 35.5. The van der Waals surface area contributed by atoms with Crippen LogP contribution in [-0.2, 0) is 10.7 Å². The second kappa shape index (κ2) is 6.58. The van der Waals surface area contributed by atoms with E-state index < -0.39 is 0 Å². The van der Waals surface area contributed by atoms with Gasteiger partial charge in [0, 0.05) is 26.1 Å². The number of hydrogen-bond acceptors (Lipinski definition) is 5. The van der Waals surface area contributed by atoms with Crippen molar-refractivity contribution in [3.63, 3.8) is 0 Å². The van der Waals surface area contributed by atoms with Crippen molar-refractivity contribution in [1.29, 1.82) is 0 Å². The maximum absolute atomic E-state index is 11.8. The molecule has 0 bridgehead atoms. The number of amides is 1. The molecule has 0 unspecified atom stereocenters. The van der Waals surface area contributed by atoms with Gasteiger partial charge in [0.05, 0.1) is 0 Å². The van der Waals surface area contributed by atoms with Crippen molar-refractivity contribution in [2.24, 2.45) is 0 Å². The van der Waals surface area contributed by atoms with E-state index >= 15 is 0 Å². The number of likely N-dealkylation sites (tertiary alicyclic amines) is 1. The third-order valence-corrected chi connectivity index (χ3v) is 3.13. The van der Waals surface area contributed by atoms with Crippen molar-refractivity contribution in [2.75, 3.05) is 25.0 Å². The van der Waals surface area contributed by atoms with Crippen LogP contribution >= 0.6 is 11.6 Å². The quantitative estimate of drug-likeness (QED) is 0.825. The molecule has 1 saturated heterocycles. The van der Waals surface area contributed by atoms with Gasteiger partial charge in [-0.1, -0.05) is 5.10 Å². The summed E-state index contributed by atoms with van der Waals surface area (Å²) >= 11 is 5.54. The first-order valence-corrected chi connectivity index (χ1v) is 6.73. The fourth-order valence-corrected chi connectivity index (χ4v) is 2.06. The Balaban J connectivity index is 1.69. The molecule has 0 atom stereocenters. The predicted molar refractivity (Wildman–Crippen MR) is 67.4 cm³/mol. The van der Waals surface area contributed by atoms with Gasteiger partial charge in [-0.2, -0.15) is 0 Å². The fourth-order valence-electron chi connectivity index (χ4n) is 1.96. The van der Waals surface area contributed by atoms with Gasteiger partial charge < -0.3 is 14.6 Å². The zero-order chi connectivity index (χ0) is 12.8. The Morgan fingerprint density at radius 3 is 2.78 bits per heavy atom. The normalized spacial score (nSPS) is 15.7. The summed E-state index contributed by atoms with van der Waals surface area (Å²) in [6.07, 6.45) is 3.90. The van der Waals surface area contributed by atoms with Gasteiger partial charge in [-0.25, -0.2) is 0 Å². The molecule has 0 aromatic carbocycles. The van der Waals surface area contributed by atoms with E-state index in [0.29, 0.717) is 24.9 Å². The number of nitrogens with zero attached hydrogens (tertiary/aromatic N) is 3. The lowest BCUT2D eigenvalue weighted by molar-refractivity contribution is -0.131. The second-order valence-corrected chi connectivity index (χ2v) is 4.52. The number of piperidine rings is 1. The number of hydrogen-bond donors (Lipinski definition) is 1. The molecule has 18 heavy (non-hydrogen) atoms. The van der Waals surface area contributed by atoms with Gasteiger partial charge in [-0.05, 0) is 19.3 Å². The van der Waals surface area contributed by atoms with Crippen molar-refractivity contribution in [1.82, 2.24) is 15.1 Å². The summed E-state index contributed by atoms with van der Waals surface area (Å²) in [5, 5.41) is 10.4. The number of nitrogens with one attached hydrogen (secondary N) is 1. The maximum Gasteiger partial charge on any atom is 0.315 e. The number of alkyl halides is 1. The Morgan fingerprint density at radius 1 is 1.33 bits per heavy atom. The van der Waals surface area contributed by atoms with Crippen LogP contribution in [0.3, 0.4) is 0 Å².